The summed E-state index contributed by atoms with van der Waals surface area (Å²) in [6, 6.07) is 0. The monoisotopic (exact) mass is 173 g/mol. The van der Waals surface area contributed by atoms with Crippen molar-refractivity contribution in [3.63, 3.8) is 0 Å². The normalized spacial score (nSPS) is 23.0. The van der Waals surface area contributed by atoms with Gasteiger partial charge in [0.1, 0.15) is 6.67 Å². The van der Waals surface area contributed by atoms with E-state index >= 15 is 0 Å². The second-order valence-electron chi connectivity index (χ2n) is 4.05. The van der Waals surface area contributed by atoms with Gasteiger partial charge in [-0.25, -0.2) is 4.39 Å². The SMILES string of the molecule is [CH2-]N1CCN(C(C)(C)CF)CC1. The Balaban J connectivity index is 2.44. The molecule has 1 aliphatic rings. The Labute approximate surface area is 74.3 Å². The van der Waals surface area contributed by atoms with Gasteiger partial charge in [0, 0.05) is 18.6 Å². The van der Waals surface area contributed by atoms with Crippen LogP contribution in [0.4, 0.5) is 4.39 Å². The first-order valence-electron chi connectivity index (χ1n) is 4.43. The Morgan fingerprint density at radius 1 is 1.25 bits per heavy atom. The van der Waals surface area contributed by atoms with E-state index in [1.165, 1.54) is 0 Å². The zero-order valence-electron chi connectivity index (χ0n) is 8.02. The summed E-state index contributed by atoms with van der Waals surface area (Å²) < 4.78 is 12.6. The van der Waals surface area contributed by atoms with E-state index < -0.39 is 0 Å². The lowest BCUT2D eigenvalue weighted by Crippen LogP contribution is -2.54. The molecule has 1 rings (SSSR count). The molecule has 0 aromatic carbocycles. The van der Waals surface area contributed by atoms with E-state index in [2.05, 4.69) is 11.9 Å². The predicted molar refractivity (Wildman–Crippen MR) is 48.6 cm³/mol. The van der Waals surface area contributed by atoms with Gasteiger partial charge in [0.25, 0.3) is 0 Å². The first-order valence-corrected chi connectivity index (χ1v) is 4.43. The molecule has 0 atom stereocenters. The molecule has 0 bridgehead atoms. The summed E-state index contributed by atoms with van der Waals surface area (Å²) >= 11 is 0. The standard InChI is InChI=1S/C9H18FN2/c1-9(2,8-10)12-6-4-11(3)5-7-12/h3-8H2,1-2H3/q-1. The molecule has 1 heterocycles. The molecule has 0 aromatic heterocycles. The summed E-state index contributed by atoms with van der Waals surface area (Å²) in [5, 5.41) is 0. The van der Waals surface area contributed by atoms with Crippen LogP contribution in [-0.4, -0.2) is 48.2 Å². The van der Waals surface area contributed by atoms with Crippen LogP contribution >= 0.6 is 0 Å². The third kappa shape index (κ3) is 2.17. The highest BCUT2D eigenvalue weighted by Gasteiger charge is 2.27. The lowest BCUT2D eigenvalue weighted by atomic mass is 10.0. The molecule has 1 saturated heterocycles. The first-order chi connectivity index (χ1) is 5.56. The summed E-state index contributed by atoms with van der Waals surface area (Å²) in [4.78, 5) is 4.22. The van der Waals surface area contributed by atoms with Gasteiger partial charge in [-0.2, -0.15) is 0 Å². The predicted octanol–water partition coefficient (Wildman–Crippen LogP) is 1.14. The second kappa shape index (κ2) is 3.71. The third-order valence-corrected chi connectivity index (χ3v) is 2.56. The van der Waals surface area contributed by atoms with E-state index in [1.807, 2.05) is 18.7 Å². The van der Waals surface area contributed by atoms with Crippen LogP contribution in [0.1, 0.15) is 13.8 Å². The van der Waals surface area contributed by atoms with Crippen LogP contribution in [0.5, 0.6) is 0 Å². The largest absolute Gasteiger partial charge is 0.457 e. The number of hydrogen-bond donors (Lipinski definition) is 0. The molecule has 1 fully saturated rings. The minimum atomic E-state index is -0.290. The lowest BCUT2D eigenvalue weighted by Gasteiger charge is -2.44. The Morgan fingerprint density at radius 3 is 2.17 bits per heavy atom. The van der Waals surface area contributed by atoms with Gasteiger partial charge in [-0.15, -0.1) is 0 Å². The smallest absolute Gasteiger partial charge is 0.107 e. The molecule has 0 spiro atoms. The molecule has 72 valence electrons. The molecule has 12 heavy (non-hydrogen) atoms. The number of rotatable bonds is 2. The van der Waals surface area contributed by atoms with E-state index in [1.54, 1.807) is 0 Å². The lowest BCUT2D eigenvalue weighted by molar-refractivity contribution is 0.0507. The number of nitrogens with zero attached hydrogens (tertiary/aromatic N) is 2. The van der Waals surface area contributed by atoms with Crippen molar-refractivity contribution in [2.24, 2.45) is 0 Å². The van der Waals surface area contributed by atoms with Crippen molar-refractivity contribution in [3.8, 4) is 0 Å². The van der Waals surface area contributed by atoms with Crippen LogP contribution in [-0.2, 0) is 0 Å². The van der Waals surface area contributed by atoms with Gasteiger partial charge >= 0.3 is 0 Å². The molecule has 2 nitrogen and oxygen atoms in total. The van der Waals surface area contributed by atoms with E-state index in [4.69, 9.17) is 0 Å². The van der Waals surface area contributed by atoms with Gasteiger partial charge in [0.15, 0.2) is 0 Å². The average molecular weight is 173 g/mol. The topological polar surface area (TPSA) is 6.48 Å². The highest BCUT2D eigenvalue weighted by molar-refractivity contribution is 4.84. The van der Waals surface area contributed by atoms with Crippen molar-refractivity contribution < 1.29 is 4.39 Å². The third-order valence-electron chi connectivity index (χ3n) is 2.56. The summed E-state index contributed by atoms with van der Waals surface area (Å²) in [6.07, 6.45) is 0. The van der Waals surface area contributed by atoms with E-state index in [9.17, 15) is 4.39 Å². The Bertz CT molecular complexity index is 139. The van der Waals surface area contributed by atoms with Crippen LogP contribution in [0.2, 0.25) is 0 Å². The maximum absolute atomic E-state index is 12.6. The van der Waals surface area contributed by atoms with Crippen molar-refractivity contribution in [1.29, 1.82) is 0 Å². The molecule has 1 aliphatic heterocycles. The van der Waals surface area contributed by atoms with Gasteiger partial charge in [-0.3, -0.25) is 11.9 Å². The number of piperazine rings is 1. The van der Waals surface area contributed by atoms with E-state index in [0.717, 1.165) is 26.2 Å². The van der Waals surface area contributed by atoms with Gasteiger partial charge in [-0.1, -0.05) is 0 Å². The number of hydrogen-bond acceptors (Lipinski definition) is 2. The molecule has 0 radical (unpaired) electrons. The number of halogens is 1. The van der Waals surface area contributed by atoms with Gasteiger partial charge < -0.3 is 4.90 Å². The summed E-state index contributed by atoms with van der Waals surface area (Å²) in [5.74, 6) is 0. The summed E-state index contributed by atoms with van der Waals surface area (Å²) in [7, 11) is 3.85. The summed E-state index contributed by atoms with van der Waals surface area (Å²) in [5.41, 5.74) is -0.290. The van der Waals surface area contributed by atoms with Crippen molar-refractivity contribution >= 4 is 0 Å². The molecular formula is C9H18FN2-. The minimum Gasteiger partial charge on any atom is -0.457 e. The molecule has 0 unspecified atom stereocenters. The van der Waals surface area contributed by atoms with Crippen molar-refractivity contribution in [3.05, 3.63) is 7.05 Å². The van der Waals surface area contributed by atoms with Gasteiger partial charge in [0.05, 0.1) is 0 Å². The van der Waals surface area contributed by atoms with Crippen molar-refractivity contribution in [1.82, 2.24) is 9.80 Å². The van der Waals surface area contributed by atoms with Crippen LogP contribution in [0.25, 0.3) is 0 Å². The molecular weight excluding hydrogens is 155 g/mol. The average Bonchev–Trinajstić information content (AvgIpc) is 2.05. The van der Waals surface area contributed by atoms with Gasteiger partial charge in [-0.05, 0) is 26.9 Å². The quantitative estimate of drug-likeness (QED) is 0.578. The van der Waals surface area contributed by atoms with Crippen molar-refractivity contribution in [2.45, 2.75) is 19.4 Å². The maximum atomic E-state index is 12.6. The fraction of sp³-hybridized carbons (Fsp3) is 0.889. The number of alkyl halides is 1. The van der Waals surface area contributed by atoms with Crippen LogP contribution in [0, 0.1) is 7.05 Å². The van der Waals surface area contributed by atoms with Crippen LogP contribution < -0.4 is 0 Å². The molecule has 0 aromatic rings. The molecule has 0 saturated carbocycles. The zero-order chi connectivity index (χ0) is 9.19. The molecule has 3 heteroatoms. The second-order valence-corrected chi connectivity index (χ2v) is 4.05. The van der Waals surface area contributed by atoms with E-state index in [0.29, 0.717) is 0 Å². The molecule has 0 N–H and O–H groups in total. The molecule has 0 amide bonds. The Kier molecular flexibility index (Phi) is 3.07. The minimum absolute atomic E-state index is 0.274. The highest BCUT2D eigenvalue weighted by atomic mass is 19.1. The van der Waals surface area contributed by atoms with Crippen molar-refractivity contribution in [2.75, 3.05) is 32.9 Å². The summed E-state index contributed by atoms with van der Waals surface area (Å²) in [6.45, 7) is 7.38. The zero-order valence-corrected chi connectivity index (χ0v) is 8.02. The van der Waals surface area contributed by atoms with E-state index in [-0.39, 0.29) is 12.2 Å². The first kappa shape index (κ1) is 9.93. The van der Waals surface area contributed by atoms with Crippen LogP contribution in [0.3, 0.4) is 0 Å². The van der Waals surface area contributed by atoms with Gasteiger partial charge in [0.2, 0.25) is 0 Å². The molecule has 0 aliphatic carbocycles. The Hall–Kier alpha value is -0.150. The van der Waals surface area contributed by atoms with Crippen LogP contribution in [0.15, 0.2) is 0 Å². The fourth-order valence-corrected chi connectivity index (χ4v) is 1.44. The fourth-order valence-electron chi connectivity index (χ4n) is 1.44. The Morgan fingerprint density at radius 2 is 1.75 bits per heavy atom. The maximum Gasteiger partial charge on any atom is 0.107 e. The highest BCUT2D eigenvalue weighted by Crippen LogP contribution is 2.16.